The first-order valence-corrected chi connectivity index (χ1v) is 15.3. The van der Waals surface area contributed by atoms with E-state index in [0.29, 0.717) is 17.0 Å². The van der Waals surface area contributed by atoms with Crippen molar-refractivity contribution in [2.24, 2.45) is 0 Å². The number of carboxylic acid groups (broad SMARTS) is 4. The Balaban J connectivity index is 1.68. The molecule has 1 aromatic heterocycles. The number of hydroxylamine groups is 1. The van der Waals surface area contributed by atoms with E-state index >= 15 is 0 Å². The van der Waals surface area contributed by atoms with Crippen molar-refractivity contribution in [3.8, 4) is 11.5 Å². The summed E-state index contributed by atoms with van der Waals surface area (Å²) in [5.74, 6) is -7.59. The molecule has 0 unspecified atom stereocenters. The standard InChI is InChI=1S/C34H27F3N2O16/c35-34(36,37)20-6-4-18(5-7-20)31(47)39(21-3-1-2-17(8-21)13-54-38-23(32(48)49)11-27(40)41)33(50)53-14-19-9-30(46)55-24-12-26(52-16-29(44)45)25(10-22(19)24)51-15-28(42)43/h1-10,12,23,38H,11,13-16H2,(H,40,41)(H,42,43)(H,44,45)(H,48,49)/t23-/m0/s1. The largest absolute Gasteiger partial charge is 0.481 e. The molecule has 4 aromatic rings. The zero-order valence-corrected chi connectivity index (χ0v) is 27.7. The lowest BCUT2D eigenvalue weighted by molar-refractivity contribution is -0.151. The molecule has 0 aliphatic rings. The van der Waals surface area contributed by atoms with Crippen molar-refractivity contribution in [2.45, 2.75) is 31.9 Å². The van der Waals surface area contributed by atoms with Gasteiger partial charge in [0.05, 0.1) is 24.3 Å². The van der Waals surface area contributed by atoms with Gasteiger partial charge in [-0.15, -0.1) is 0 Å². The summed E-state index contributed by atoms with van der Waals surface area (Å²) in [6.07, 6.45) is -7.01. The third-order valence-electron chi connectivity index (χ3n) is 7.10. The fraction of sp³-hybridized carbons (Fsp3) is 0.206. The van der Waals surface area contributed by atoms with Gasteiger partial charge in [-0.05, 0) is 48.0 Å². The van der Waals surface area contributed by atoms with Crippen molar-refractivity contribution in [1.82, 2.24) is 5.48 Å². The fourth-order valence-corrected chi connectivity index (χ4v) is 4.66. The van der Waals surface area contributed by atoms with Crippen LogP contribution >= 0.6 is 0 Å². The lowest BCUT2D eigenvalue weighted by Gasteiger charge is -2.22. The van der Waals surface area contributed by atoms with Crippen LogP contribution in [0.25, 0.3) is 11.0 Å². The molecule has 18 nitrogen and oxygen atoms in total. The second-order valence-corrected chi connectivity index (χ2v) is 11.1. The summed E-state index contributed by atoms with van der Waals surface area (Å²) in [6, 6.07) is 9.43. The Hall–Kier alpha value is -7.00. The van der Waals surface area contributed by atoms with Gasteiger partial charge in [-0.1, -0.05) is 12.1 Å². The van der Waals surface area contributed by atoms with Crippen LogP contribution in [0.15, 0.2) is 75.9 Å². The van der Waals surface area contributed by atoms with E-state index in [9.17, 15) is 51.8 Å². The molecule has 2 amide bonds. The topological polar surface area (TPSA) is 266 Å². The number of hydrogen-bond donors (Lipinski definition) is 5. The number of aliphatic carboxylic acids is 4. The number of nitrogens with zero attached hydrogens (tertiary/aromatic N) is 1. The summed E-state index contributed by atoms with van der Waals surface area (Å²) < 4.78 is 60.6. The summed E-state index contributed by atoms with van der Waals surface area (Å²) in [6.45, 7) is -3.01. The lowest BCUT2D eigenvalue weighted by Crippen LogP contribution is -2.38. The molecule has 0 saturated carbocycles. The number of anilines is 1. The Labute approximate surface area is 304 Å². The van der Waals surface area contributed by atoms with Gasteiger partial charge in [-0.3, -0.25) is 19.2 Å². The molecule has 0 fully saturated rings. The second-order valence-electron chi connectivity index (χ2n) is 11.1. The van der Waals surface area contributed by atoms with Crippen LogP contribution < -0.4 is 25.5 Å². The molecule has 290 valence electrons. The molecule has 0 radical (unpaired) electrons. The van der Waals surface area contributed by atoms with E-state index in [1.54, 1.807) is 0 Å². The van der Waals surface area contributed by atoms with Gasteiger partial charge in [0.1, 0.15) is 18.2 Å². The van der Waals surface area contributed by atoms with Gasteiger partial charge in [0.25, 0.3) is 5.91 Å². The van der Waals surface area contributed by atoms with E-state index in [-0.39, 0.29) is 39.3 Å². The van der Waals surface area contributed by atoms with E-state index in [2.05, 4.69) is 5.48 Å². The second kappa shape index (κ2) is 17.7. The molecule has 55 heavy (non-hydrogen) atoms. The summed E-state index contributed by atoms with van der Waals surface area (Å²) >= 11 is 0. The Morgan fingerprint density at radius 1 is 0.800 bits per heavy atom. The summed E-state index contributed by atoms with van der Waals surface area (Å²) in [5, 5.41) is 36.2. The Morgan fingerprint density at radius 3 is 2.02 bits per heavy atom. The van der Waals surface area contributed by atoms with Gasteiger partial charge >= 0.3 is 41.8 Å². The van der Waals surface area contributed by atoms with E-state index in [0.717, 1.165) is 30.3 Å². The van der Waals surface area contributed by atoms with Gasteiger partial charge in [0, 0.05) is 28.6 Å². The summed E-state index contributed by atoms with van der Waals surface area (Å²) in [5.41, 5.74) is -0.773. The van der Waals surface area contributed by atoms with E-state index in [1.165, 1.54) is 24.3 Å². The smallest absolute Gasteiger partial charge is 0.421 e. The van der Waals surface area contributed by atoms with E-state index in [4.69, 9.17) is 38.8 Å². The highest BCUT2D eigenvalue weighted by atomic mass is 19.4. The maximum absolute atomic E-state index is 13.7. The monoisotopic (exact) mass is 776 g/mol. The molecule has 4 rings (SSSR count). The van der Waals surface area contributed by atoms with Crippen molar-refractivity contribution in [3.63, 3.8) is 0 Å². The number of rotatable bonds is 17. The molecule has 1 atom stereocenters. The van der Waals surface area contributed by atoms with Gasteiger partial charge in [-0.25, -0.2) is 24.1 Å². The number of ether oxygens (including phenoxy) is 3. The maximum atomic E-state index is 13.7. The van der Waals surface area contributed by atoms with Crippen LogP contribution in [0.3, 0.4) is 0 Å². The zero-order valence-electron chi connectivity index (χ0n) is 27.7. The van der Waals surface area contributed by atoms with Gasteiger partial charge in [0.2, 0.25) is 0 Å². The number of carbonyl (C=O) groups excluding carboxylic acids is 2. The first-order valence-electron chi connectivity index (χ1n) is 15.3. The molecule has 0 aliphatic carbocycles. The maximum Gasteiger partial charge on any atom is 0.421 e. The van der Waals surface area contributed by atoms with Crippen LogP contribution in [0.5, 0.6) is 11.5 Å². The van der Waals surface area contributed by atoms with Crippen LogP contribution in [0, 0.1) is 0 Å². The number of halogens is 3. The molecular formula is C34H27F3N2O16. The zero-order chi connectivity index (χ0) is 40.4. The first kappa shape index (κ1) is 40.8. The number of fused-ring (bicyclic) bond motifs is 1. The number of hydrogen-bond acceptors (Lipinski definition) is 13. The average Bonchev–Trinajstić information content (AvgIpc) is 3.11. The Bertz CT molecular complexity index is 2170. The predicted molar refractivity (Wildman–Crippen MR) is 175 cm³/mol. The number of alkyl halides is 3. The highest BCUT2D eigenvalue weighted by Gasteiger charge is 2.32. The highest BCUT2D eigenvalue weighted by molar-refractivity contribution is 6.19. The molecule has 0 spiro atoms. The molecule has 3 aromatic carbocycles. The van der Waals surface area contributed by atoms with E-state index in [1.807, 2.05) is 0 Å². The highest BCUT2D eigenvalue weighted by Crippen LogP contribution is 2.34. The third kappa shape index (κ3) is 11.2. The predicted octanol–water partition coefficient (Wildman–Crippen LogP) is 3.67. The van der Waals surface area contributed by atoms with Crippen LogP contribution in [0.2, 0.25) is 0 Å². The number of carboxylic acids is 4. The normalized spacial score (nSPS) is 11.7. The van der Waals surface area contributed by atoms with Crippen molar-refractivity contribution < 1.29 is 85.8 Å². The van der Waals surface area contributed by atoms with Gasteiger partial charge in [0.15, 0.2) is 24.7 Å². The Morgan fingerprint density at radius 2 is 1.44 bits per heavy atom. The van der Waals surface area contributed by atoms with Crippen LogP contribution in [-0.4, -0.2) is 75.6 Å². The summed E-state index contributed by atoms with van der Waals surface area (Å²) in [4.78, 5) is 89.9. The van der Waals surface area contributed by atoms with E-state index < -0.39 is 97.7 Å². The number of amides is 2. The van der Waals surface area contributed by atoms with Crippen LogP contribution in [-0.2, 0) is 48.1 Å². The first-order chi connectivity index (χ1) is 25.9. The molecule has 0 saturated heterocycles. The van der Waals surface area contributed by atoms with Crippen LogP contribution in [0.1, 0.15) is 33.5 Å². The number of nitrogens with one attached hydrogen (secondary N) is 1. The fourth-order valence-electron chi connectivity index (χ4n) is 4.66. The minimum Gasteiger partial charge on any atom is -0.481 e. The SMILES string of the molecule is O=C(O)COc1cc2oc(=O)cc(COC(=O)N(C(=O)c3ccc(C(F)(F)F)cc3)c3cccc(CON[C@@H](CC(=O)O)C(=O)O)c3)c2cc1OCC(=O)O. The average molecular weight is 777 g/mol. The molecular weight excluding hydrogens is 749 g/mol. The third-order valence-corrected chi connectivity index (χ3v) is 7.10. The molecule has 21 heteroatoms. The van der Waals surface area contributed by atoms with Crippen molar-refractivity contribution in [1.29, 1.82) is 0 Å². The van der Waals surface area contributed by atoms with Gasteiger partial charge in [-0.2, -0.15) is 18.7 Å². The van der Waals surface area contributed by atoms with Crippen molar-refractivity contribution >= 4 is 52.5 Å². The lowest BCUT2D eigenvalue weighted by atomic mass is 10.1. The number of imide groups is 1. The number of benzene rings is 3. The van der Waals surface area contributed by atoms with Crippen LogP contribution in [0.4, 0.5) is 23.7 Å². The Kier molecular flexibility index (Phi) is 13.1. The molecule has 0 bridgehead atoms. The number of carbonyl (C=O) groups is 6. The minimum atomic E-state index is -4.75. The quantitative estimate of drug-likeness (QED) is 0.0756. The molecule has 0 aliphatic heterocycles. The van der Waals surface area contributed by atoms with Gasteiger partial charge < -0.3 is 39.1 Å². The van der Waals surface area contributed by atoms with Crippen molar-refractivity contribution in [2.75, 3.05) is 18.1 Å². The minimum absolute atomic E-state index is 0.00899. The van der Waals surface area contributed by atoms with Crippen molar-refractivity contribution in [3.05, 3.63) is 99.4 Å². The summed E-state index contributed by atoms with van der Waals surface area (Å²) in [7, 11) is 0. The molecule has 5 N–H and O–H groups in total. The molecule has 1 heterocycles.